The molecule has 0 radical (unpaired) electrons. The lowest BCUT2D eigenvalue weighted by atomic mass is 10.2. The van der Waals surface area contributed by atoms with Crippen LogP contribution in [0.15, 0.2) is 49.8 Å². The molecule has 4 nitrogen and oxygen atoms in total. The number of ether oxygens (including phenoxy) is 1. The minimum absolute atomic E-state index is 0.0287. The van der Waals surface area contributed by atoms with Crippen molar-refractivity contribution in [3.05, 3.63) is 65.5 Å². The minimum Gasteiger partial charge on any atom is -0.488 e. The molecule has 0 aliphatic carbocycles. The lowest BCUT2D eigenvalue weighted by Gasteiger charge is -2.09. The van der Waals surface area contributed by atoms with E-state index in [1.807, 2.05) is 18.2 Å². The van der Waals surface area contributed by atoms with Gasteiger partial charge in [-0.3, -0.25) is 10.1 Å². The molecule has 0 aromatic heterocycles. The second-order valence-corrected chi connectivity index (χ2v) is 6.53. The molecule has 0 amide bonds. The molecule has 2 rings (SSSR count). The van der Waals surface area contributed by atoms with Gasteiger partial charge < -0.3 is 4.74 Å². The van der Waals surface area contributed by atoms with Gasteiger partial charge in [0.25, 0.3) is 5.69 Å². The van der Waals surface area contributed by atoms with Gasteiger partial charge in [-0.2, -0.15) is 0 Å². The van der Waals surface area contributed by atoms with Crippen molar-refractivity contribution in [2.45, 2.75) is 6.61 Å². The van der Waals surface area contributed by atoms with Crippen LogP contribution in [-0.2, 0) is 6.61 Å². The number of halogens is 3. The monoisotopic (exact) mass is 463 g/mol. The Morgan fingerprint density at radius 1 is 1.05 bits per heavy atom. The van der Waals surface area contributed by atoms with Gasteiger partial charge in [0.05, 0.1) is 13.9 Å². The molecule has 0 saturated heterocycles. The van der Waals surface area contributed by atoms with Gasteiger partial charge in [-0.15, -0.1) is 0 Å². The van der Waals surface area contributed by atoms with Crippen molar-refractivity contribution in [2.75, 3.05) is 0 Å². The van der Waals surface area contributed by atoms with Gasteiger partial charge >= 0.3 is 0 Å². The van der Waals surface area contributed by atoms with Crippen molar-refractivity contribution in [1.82, 2.24) is 0 Å². The van der Waals surface area contributed by atoms with E-state index < -0.39 is 4.92 Å². The molecule has 2 aromatic carbocycles. The van der Waals surface area contributed by atoms with Crippen molar-refractivity contribution < 1.29 is 9.66 Å². The van der Waals surface area contributed by atoms with Crippen LogP contribution in [0.5, 0.6) is 5.75 Å². The molecule has 0 saturated carbocycles. The lowest BCUT2D eigenvalue weighted by molar-refractivity contribution is -0.385. The molecule has 0 aliphatic rings. The quantitative estimate of drug-likeness (QED) is 0.445. The largest absolute Gasteiger partial charge is 0.488 e. The minimum atomic E-state index is -0.427. The summed E-state index contributed by atoms with van der Waals surface area (Å²) in [6, 6.07) is 10.5. The predicted octanol–water partition coefficient (Wildman–Crippen LogP) is 5.46. The van der Waals surface area contributed by atoms with Crippen molar-refractivity contribution in [1.29, 1.82) is 0 Å². The summed E-state index contributed by atoms with van der Waals surface area (Å²) in [7, 11) is 0. The molecule has 0 N–H and O–H groups in total. The number of hydrogen-bond acceptors (Lipinski definition) is 3. The molecule has 2 aromatic rings. The number of hydrogen-bond donors (Lipinski definition) is 0. The number of rotatable bonds is 4. The summed E-state index contributed by atoms with van der Waals surface area (Å²) in [5.41, 5.74) is 0.760. The summed E-state index contributed by atoms with van der Waals surface area (Å²) in [5.74, 6) is 0.679. The maximum atomic E-state index is 10.9. The zero-order valence-electron chi connectivity index (χ0n) is 9.98. The molecule has 0 atom stereocenters. The van der Waals surface area contributed by atoms with E-state index in [-0.39, 0.29) is 12.3 Å². The number of benzene rings is 2. The van der Waals surface area contributed by atoms with Crippen LogP contribution in [0, 0.1) is 10.1 Å². The van der Waals surface area contributed by atoms with Crippen LogP contribution in [0.3, 0.4) is 0 Å². The standard InChI is InChI=1S/C13H8Br3NO3/c14-9-2-4-13(11(16)6-9)20-7-8-1-3-10(15)12(5-8)17(18)19/h1-6H,7H2. The predicted molar refractivity (Wildman–Crippen MR) is 87.0 cm³/mol. The molecule has 0 fully saturated rings. The summed E-state index contributed by atoms with van der Waals surface area (Å²) in [4.78, 5) is 10.4. The van der Waals surface area contributed by atoms with Gasteiger partial charge in [0.15, 0.2) is 0 Å². The van der Waals surface area contributed by atoms with E-state index in [0.717, 1.165) is 14.5 Å². The maximum absolute atomic E-state index is 10.9. The fraction of sp³-hybridized carbons (Fsp3) is 0.0769. The first-order valence-electron chi connectivity index (χ1n) is 5.48. The van der Waals surface area contributed by atoms with Crippen molar-refractivity contribution in [3.8, 4) is 5.75 Å². The lowest BCUT2D eigenvalue weighted by Crippen LogP contribution is -1.98. The van der Waals surface area contributed by atoms with E-state index in [2.05, 4.69) is 47.8 Å². The molecule has 0 spiro atoms. The Labute approximate surface area is 140 Å². The van der Waals surface area contributed by atoms with Crippen LogP contribution in [0.1, 0.15) is 5.56 Å². The molecule has 0 aliphatic heterocycles. The maximum Gasteiger partial charge on any atom is 0.283 e. The third kappa shape index (κ3) is 3.80. The average Bonchev–Trinajstić information content (AvgIpc) is 2.39. The van der Waals surface area contributed by atoms with Crippen molar-refractivity contribution in [2.24, 2.45) is 0 Å². The van der Waals surface area contributed by atoms with E-state index in [1.54, 1.807) is 12.1 Å². The van der Waals surface area contributed by atoms with E-state index >= 15 is 0 Å². The third-order valence-electron chi connectivity index (χ3n) is 2.50. The first kappa shape index (κ1) is 15.5. The van der Waals surface area contributed by atoms with Crippen LogP contribution < -0.4 is 4.74 Å². The summed E-state index contributed by atoms with van der Waals surface area (Å²) in [6.07, 6.45) is 0. The van der Waals surface area contributed by atoms with Crippen LogP contribution in [0.2, 0.25) is 0 Å². The molecule has 7 heteroatoms. The smallest absolute Gasteiger partial charge is 0.283 e. The van der Waals surface area contributed by atoms with Crippen molar-refractivity contribution >= 4 is 53.5 Å². The molecular weight excluding hydrogens is 458 g/mol. The molecule has 0 heterocycles. The van der Waals surface area contributed by atoms with E-state index in [9.17, 15) is 10.1 Å². The highest BCUT2D eigenvalue weighted by Crippen LogP contribution is 2.30. The Hall–Kier alpha value is -0.920. The van der Waals surface area contributed by atoms with Gasteiger partial charge in [-0.1, -0.05) is 22.0 Å². The van der Waals surface area contributed by atoms with Gasteiger partial charge in [-0.05, 0) is 61.7 Å². The van der Waals surface area contributed by atoms with Gasteiger partial charge in [0, 0.05) is 10.5 Å². The van der Waals surface area contributed by atoms with Gasteiger partial charge in [0.1, 0.15) is 12.4 Å². The second-order valence-electron chi connectivity index (χ2n) is 3.91. The Morgan fingerprint density at radius 3 is 2.45 bits per heavy atom. The Balaban J connectivity index is 2.15. The third-order valence-corrected chi connectivity index (χ3v) is 4.28. The summed E-state index contributed by atoms with van der Waals surface area (Å²) in [5, 5.41) is 10.9. The number of nitrogens with zero attached hydrogens (tertiary/aromatic N) is 1. The highest BCUT2D eigenvalue weighted by atomic mass is 79.9. The SMILES string of the molecule is O=[N+]([O-])c1cc(COc2ccc(Br)cc2Br)ccc1Br. The molecule has 20 heavy (non-hydrogen) atoms. The van der Waals surface area contributed by atoms with Crippen LogP contribution in [0.25, 0.3) is 0 Å². The van der Waals surface area contributed by atoms with E-state index in [1.165, 1.54) is 6.07 Å². The van der Waals surface area contributed by atoms with E-state index in [4.69, 9.17) is 4.74 Å². The summed E-state index contributed by atoms with van der Waals surface area (Å²) in [6.45, 7) is 0.258. The Kier molecular flexibility index (Phi) is 5.17. The van der Waals surface area contributed by atoms with E-state index in [0.29, 0.717) is 10.2 Å². The zero-order chi connectivity index (χ0) is 14.7. The number of nitro benzene ring substituents is 1. The normalized spacial score (nSPS) is 10.3. The van der Waals surface area contributed by atoms with Gasteiger partial charge in [-0.25, -0.2) is 0 Å². The molecular formula is C13H8Br3NO3. The van der Waals surface area contributed by atoms with Crippen LogP contribution >= 0.6 is 47.8 Å². The van der Waals surface area contributed by atoms with Crippen LogP contribution in [0.4, 0.5) is 5.69 Å². The molecule has 0 bridgehead atoms. The molecule has 0 unspecified atom stereocenters. The van der Waals surface area contributed by atoms with Crippen LogP contribution in [-0.4, -0.2) is 4.92 Å². The average molecular weight is 466 g/mol. The fourth-order valence-corrected chi connectivity index (χ4v) is 3.09. The number of nitro groups is 1. The first-order valence-corrected chi connectivity index (χ1v) is 7.86. The van der Waals surface area contributed by atoms with Gasteiger partial charge in [0.2, 0.25) is 0 Å². The van der Waals surface area contributed by atoms with Crippen molar-refractivity contribution in [3.63, 3.8) is 0 Å². The highest BCUT2D eigenvalue weighted by Gasteiger charge is 2.12. The summed E-state index contributed by atoms with van der Waals surface area (Å²) >= 11 is 9.91. The Bertz CT molecular complexity index is 661. The topological polar surface area (TPSA) is 52.4 Å². The molecule has 104 valence electrons. The zero-order valence-corrected chi connectivity index (χ0v) is 14.7. The highest BCUT2D eigenvalue weighted by molar-refractivity contribution is 9.11. The second kappa shape index (κ2) is 6.69. The summed E-state index contributed by atoms with van der Waals surface area (Å²) < 4.78 is 7.86. The fourth-order valence-electron chi connectivity index (χ4n) is 1.54. The first-order chi connectivity index (χ1) is 9.47. The Morgan fingerprint density at radius 2 is 1.80 bits per heavy atom.